The number of halogens is 1. The van der Waals surface area contributed by atoms with Gasteiger partial charge in [-0.25, -0.2) is 12.8 Å². The van der Waals surface area contributed by atoms with Crippen molar-refractivity contribution in [3.05, 3.63) is 29.8 Å². The van der Waals surface area contributed by atoms with Crippen molar-refractivity contribution < 1.29 is 17.9 Å². The van der Waals surface area contributed by atoms with Gasteiger partial charge in [0.05, 0.1) is 11.5 Å². The second kappa shape index (κ2) is 4.06. The third-order valence-corrected chi connectivity index (χ3v) is 2.92. The van der Waals surface area contributed by atoms with E-state index >= 15 is 0 Å². The second-order valence-corrected chi connectivity index (χ2v) is 5.01. The molecule has 3 nitrogen and oxygen atoms in total. The first-order valence-electron chi connectivity index (χ1n) is 4.00. The van der Waals surface area contributed by atoms with E-state index in [1.807, 2.05) is 0 Å². The summed E-state index contributed by atoms with van der Waals surface area (Å²) in [6.07, 6.45) is -0.477. The molecule has 1 rings (SSSR count). The Morgan fingerprint density at radius 3 is 2.64 bits per heavy atom. The summed E-state index contributed by atoms with van der Waals surface area (Å²) in [5, 5.41) is 8.56. The van der Waals surface area contributed by atoms with E-state index in [4.69, 9.17) is 5.11 Å². The van der Waals surface area contributed by atoms with Gasteiger partial charge in [0.15, 0.2) is 9.84 Å². The summed E-state index contributed by atoms with van der Waals surface area (Å²) in [5.41, 5.74) is 0.176. The molecule has 14 heavy (non-hydrogen) atoms. The summed E-state index contributed by atoms with van der Waals surface area (Å²) in [6, 6.07) is 5.52. The maximum Gasteiger partial charge on any atom is 0.175 e. The lowest BCUT2D eigenvalue weighted by molar-refractivity contribution is 0.179. The molecule has 0 saturated carbocycles. The van der Waals surface area contributed by atoms with Gasteiger partial charge >= 0.3 is 0 Å². The van der Waals surface area contributed by atoms with Crippen molar-refractivity contribution in [2.24, 2.45) is 0 Å². The molecule has 0 aliphatic heterocycles. The molecule has 0 aliphatic rings. The lowest BCUT2D eigenvalue weighted by Gasteiger charge is -2.06. The van der Waals surface area contributed by atoms with Gasteiger partial charge in [0.2, 0.25) is 0 Å². The zero-order chi connectivity index (χ0) is 10.8. The SMILES string of the molecule is CS(=O)(=O)c1cccc(C(F)CO)c1. The van der Waals surface area contributed by atoms with Gasteiger partial charge in [-0.15, -0.1) is 0 Å². The van der Waals surface area contributed by atoms with Crippen LogP contribution in [0.3, 0.4) is 0 Å². The third-order valence-electron chi connectivity index (χ3n) is 1.81. The molecule has 0 amide bonds. The van der Waals surface area contributed by atoms with Crippen molar-refractivity contribution >= 4 is 9.84 Å². The topological polar surface area (TPSA) is 54.4 Å². The molecule has 1 aromatic carbocycles. The normalized spacial score (nSPS) is 13.9. The third kappa shape index (κ3) is 2.52. The quantitative estimate of drug-likeness (QED) is 0.826. The van der Waals surface area contributed by atoms with Gasteiger partial charge in [-0.3, -0.25) is 0 Å². The molecule has 1 unspecified atom stereocenters. The summed E-state index contributed by atoms with van der Waals surface area (Å²) >= 11 is 0. The first kappa shape index (κ1) is 11.1. The maximum atomic E-state index is 13.0. The predicted octanol–water partition coefficient (Wildman–Crippen LogP) is 1.09. The van der Waals surface area contributed by atoms with Crippen LogP contribution >= 0.6 is 0 Å². The van der Waals surface area contributed by atoms with E-state index in [1.165, 1.54) is 24.3 Å². The molecule has 0 heterocycles. The lowest BCUT2D eigenvalue weighted by atomic mass is 10.1. The molecule has 1 aromatic rings. The highest BCUT2D eigenvalue weighted by Crippen LogP contribution is 2.19. The van der Waals surface area contributed by atoms with E-state index < -0.39 is 22.6 Å². The monoisotopic (exact) mass is 218 g/mol. The van der Waals surface area contributed by atoms with Crippen LogP contribution < -0.4 is 0 Å². The van der Waals surface area contributed by atoms with Crippen molar-refractivity contribution in [3.8, 4) is 0 Å². The molecular formula is C9H11FO3S. The Hall–Kier alpha value is -0.940. The summed E-state index contributed by atoms with van der Waals surface area (Å²) in [7, 11) is -3.32. The van der Waals surface area contributed by atoms with Crippen LogP contribution in [0.4, 0.5) is 4.39 Å². The number of hydrogen-bond acceptors (Lipinski definition) is 3. The van der Waals surface area contributed by atoms with Crippen molar-refractivity contribution in [1.82, 2.24) is 0 Å². The lowest BCUT2D eigenvalue weighted by Crippen LogP contribution is -2.01. The minimum atomic E-state index is -3.32. The first-order valence-corrected chi connectivity index (χ1v) is 5.89. The van der Waals surface area contributed by atoms with Crippen LogP contribution in [0.5, 0.6) is 0 Å². The number of rotatable bonds is 3. The van der Waals surface area contributed by atoms with Crippen molar-refractivity contribution in [3.63, 3.8) is 0 Å². The van der Waals surface area contributed by atoms with Gasteiger partial charge in [0.25, 0.3) is 0 Å². The van der Waals surface area contributed by atoms with Gasteiger partial charge in [0.1, 0.15) is 6.17 Å². The highest BCUT2D eigenvalue weighted by atomic mass is 32.2. The van der Waals surface area contributed by atoms with Crippen molar-refractivity contribution in [2.45, 2.75) is 11.1 Å². The van der Waals surface area contributed by atoms with Gasteiger partial charge in [-0.1, -0.05) is 12.1 Å². The summed E-state index contributed by atoms with van der Waals surface area (Å²) < 4.78 is 35.2. The van der Waals surface area contributed by atoms with Crippen LogP contribution in [0.15, 0.2) is 29.2 Å². The smallest absolute Gasteiger partial charge is 0.175 e. The van der Waals surface area contributed by atoms with E-state index in [0.29, 0.717) is 0 Å². The standard InChI is InChI=1S/C9H11FO3S/c1-14(12,13)8-4-2-3-7(5-8)9(10)6-11/h2-5,9,11H,6H2,1H3. The highest BCUT2D eigenvalue weighted by molar-refractivity contribution is 7.90. The number of hydrogen-bond donors (Lipinski definition) is 1. The molecule has 0 aliphatic carbocycles. The van der Waals surface area contributed by atoms with Crippen molar-refractivity contribution in [2.75, 3.05) is 12.9 Å². The molecule has 0 aromatic heterocycles. The van der Waals surface area contributed by atoms with Crippen molar-refractivity contribution in [1.29, 1.82) is 0 Å². The molecular weight excluding hydrogens is 207 g/mol. The summed E-state index contributed by atoms with van der Waals surface area (Å²) in [6.45, 7) is -0.646. The largest absolute Gasteiger partial charge is 0.393 e. The molecule has 0 spiro atoms. The van der Waals surface area contributed by atoms with Crippen LogP contribution in [0.25, 0.3) is 0 Å². The Morgan fingerprint density at radius 2 is 2.14 bits per heavy atom. The minimum Gasteiger partial charge on any atom is -0.393 e. The number of aliphatic hydroxyl groups excluding tert-OH is 1. The minimum absolute atomic E-state index is 0.0612. The van der Waals surface area contributed by atoms with Crippen LogP contribution in [0.1, 0.15) is 11.7 Å². The Morgan fingerprint density at radius 1 is 1.50 bits per heavy atom. The van der Waals surface area contributed by atoms with Crippen LogP contribution in [-0.4, -0.2) is 26.4 Å². The molecule has 78 valence electrons. The first-order chi connectivity index (χ1) is 6.45. The highest BCUT2D eigenvalue weighted by Gasteiger charge is 2.12. The van der Waals surface area contributed by atoms with E-state index in [1.54, 1.807) is 0 Å². The average Bonchev–Trinajstić information content (AvgIpc) is 2.15. The van der Waals surface area contributed by atoms with E-state index in [9.17, 15) is 12.8 Å². The molecule has 5 heteroatoms. The van der Waals surface area contributed by atoms with Crippen LogP contribution in [-0.2, 0) is 9.84 Å². The number of benzene rings is 1. The average molecular weight is 218 g/mol. The molecule has 1 N–H and O–H groups in total. The van der Waals surface area contributed by atoms with Crippen LogP contribution in [0, 0.1) is 0 Å². The number of aliphatic hydroxyl groups is 1. The van der Waals surface area contributed by atoms with Gasteiger partial charge in [-0.05, 0) is 17.7 Å². The number of sulfone groups is 1. The fourth-order valence-electron chi connectivity index (χ4n) is 1.05. The molecule has 1 atom stereocenters. The van der Waals surface area contributed by atoms with E-state index in [0.717, 1.165) is 6.26 Å². The fraction of sp³-hybridized carbons (Fsp3) is 0.333. The van der Waals surface area contributed by atoms with E-state index in [2.05, 4.69) is 0 Å². The molecule has 0 bridgehead atoms. The second-order valence-electron chi connectivity index (χ2n) is 2.99. The zero-order valence-corrected chi connectivity index (χ0v) is 8.46. The maximum absolute atomic E-state index is 13.0. The summed E-state index contributed by atoms with van der Waals surface area (Å²) in [5.74, 6) is 0. The Labute approximate surface area is 82.1 Å². The van der Waals surface area contributed by atoms with Gasteiger partial charge in [0, 0.05) is 6.26 Å². The number of alkyl halides is 1. The fourth-order valence-corrected chi connectivity index (χ4v) is 1.72. The van der Waals surface area contributed by atoms with Gasteiger partial charge in [-0.2, -0.15) is 0 Å². The Kier molecular flexibility index (Phi) is 3.23. The Balaban J connectivity index is 3.14. The van der Waals surface area contributed by atoms with Crippen LogP contribution in [0.2, 0.25) is 0 Å². The van der Waals surface area contributed by atoms with Gasteiger partial charge < -0.3 is 5.11 Å². The summed E-state index contributed by atoms with van der Waals surface area (Å²) in [4.78, 5) is 0.0612. The molecule has 0 radical (unpaired) electrons. The van der Waals surface area contributed by atoms with E-state index in [-0.39, 0.29) is 10.5 Å². The Bertz CT molecular complexity index is 414. The zero-order valence-electron chi connectivity index (χ0n) is 7.64. The molecule has 0 saturated heterocycles. The molecule has 0 fully saturated rings. The predicted molar refractivity (Wildman–Crippen MR) is 50.5 cm³/mol.